The standard InChI is InChI=1S/C55H41N/c1-55(2)52-37-43(40-27-32-46(33-28-40)56(44-21-10-5-11-22-44)45-30-25-39(26-31-45)38-15-6-3-7-16-38)29-34-51(52)53-50(49-24-14-20-41-19-12-13-23-47(41)49)36-35-48(54(53)55)42-17-8-4-9-18-42/h3-37H,1-2H3. The van der Waals surface area contributed by atoms with Gasteiger partial charge in [-0.1, -0.05) is 184 Å². The third kappa shape index (κ3) is 5.72. The number of hydrogen-bond donors (Lipinski definition) is 0. The molecule has 10 rings (SSSR count). The lowest BCUT2D eigenvalue weighted by molar-refractivity contribution is 0.662. The molecule has 0 N–H and O–H groups in total. The minimum atomic E-state index is -0.220. The van der Waals surface area contributed by atoms with Gasteiger partial charge in [-0.3, -0.25) is 0 Å². The van der Waals surface area contributed by atoms with Crippen molar-refractivity contribution in [2.75, 3.05) is 4.90 Å². The first kappa shape index (κ1) is 33.6. The molecule has 266 valence electrons. The number of para-hydroxylation sites is 1. The molecule has 1 heteroatoms. The second kappa shape index (κ2) is 13.7. The number of nitrogens with zero attached hydrogens (tertiary/aromatic N) is 1. The van der Waals surface area contributed by atoms with Crippen LogP contribution in [0.3, 0.4) is 0 Å². The summed E-state index contributed by atoms with van der Waals surface area (Å²) in [5.41, 5.74) is 18.6. The molecule has 0 spiro atoms. The molecule has 1 nitrogen and oxygen atoms in total. The van der Waals surface area contributed by atoms with Gasteiger partial charge in [0, 0.05) is 22.5 Å². The van der Waals surface area contributed by atoms with Gasteiger partial charge in [0.05, 0.1) is 0 Å². The van der Waals surface area contributed by atoms with Crippen molar-refractivity contribution in [3.63, 3.8) is 0 Å². The Kier molecular flexibility index (Phi) is 8.23. The molecule has 9 aromatic carbocycles. The third-order valence-electron chi connectivity index (χ3n) is 11.7. The van der Waals surface area contributed by atoms with Gasteiger partial charge in [0.2, 0.25) is 0 Å². The topological polar surface area (TPSA) is 3.24 Å². The van der Waals surface area contributed by atoms with Crippen LogP contribution in [0.25, 0.3) is 66.4 Å². The van der Waals surface area contributed by atoms with Crippen LogP contribution in [0.2, 0.25) is 0 Å². The predicted molar refractivity (Wildman–Crippen MR) is 238 cm³/mol. The summed E-state index contributed by atoms with van der Waals surface area (Å²) in [5.74, 6) is 0. The number of hydrogen-bond acceptors (Lipinski definition) is 1. The summed E-state index contributed by atoms with van der Waals surface area (Å²) in [6.45, 7) is 4.81. The number of fused-ring (bicyclic) bond motifs is 4. The van der Waals surface area contributed by atoms with Crippen LogP contribution in [0.1, 0.15) is 25.0 Å². The number of rotatable bonds is 7. The molecule has 1 aliphatic carbocycles. The van der Waals surface area contributed by atoms with Gasteiger partial charge >= 0.3 is 0 Å². The Morgan fingerprint density at radius 1 is 0.339 bits per heavy atom. The lowest BCUT2D eigenvalue weighted by Crippen LogP contribution is -2.16. The normalized spacial score (nSPS) is 12.6. The van der Waals surface area contributed by atoms with E-state index in [2.05, 4.69) is 231 Å². The predicted octanol–water partition coefficient (Wildman–Crippen LogP) is 15.3. The molecule has 1 aliphatic rings. The van der Waals surface area contributed by atoms with E-state index < -0.39 is 0 Å². The molecule has 0 aliphatic heterocycles. The molecule has 9 aromatic rings. The molecule has 0 unspecified atom stereocenters. The summed E-state index contributed by atoms with van der Waals surface area (Å²) in [7, 11) is 0. The zero-order valence-corrected chi connectivity index (χ0v) is 31.7. The molecule has 0 radical (unpaired) electrons. The molecule has 0 fully saturated rings. The molecular weight excluding hydrogens is 675 g/mol. The molecule has 0 saturated heterocycles. The smallest absolute Gasteiger partial charge is 0.0462 e. The van der Waals surface area contributed by atoms with Crippen LogP contribution >= 0.6 is 0 Å². The van der Waals surface area contributed by atoms with E-state index in [-0.39, 0.29) is 5.41 Å². The molecule has 0 atom stereocenters. The lowest BCUT2D eigenvalue weighted by Gasteiger charge is -2.26. The molecule has 0 heterocycles. The first-order chi connectivity index (χ1) is 27.5. The third-order valence-corrected chi connectivity index (χ3v) is 11.7. The maximum absolute atomic E-state index is 2.45. The van der Waals surface area contributed by atoms with Crippen LogP contribution in [0.15, 0.2) is 212 Å². The SMILES string of the molecule is CC1(C)c2cc(-c3ccc(N(c4ccccc4)c4ccc(-c5ccccc5)cc4)cc3)ccc2-c2c(-c3cccc4ccccc34)ccc(-c3ccccc3)c21. The van der Waals surface area contributed by atoms with Crippen LogP contribution in [0.4, 0.5) is 17.1 Å². The van der Waals surface area contributed by atoms with Crippen LogP contribution in [0, 0.1) is 0 Å². The number of benzene rings is 9. The summed E-state index contributed by atoms with van der Waals surface area (Å²) in [6, 6.07) is 77.3. The maximum Gasteiger partial charge on any atom is 0.0462 e. The highest BCUT2D eigenvalue weighted by Crippen LogP contribution is 2.56. The van der Waals surface area contributed by atoms with E-state index in [1.54, 1.807) is 0 Å². The maximum atomic E-state index is 2.45. The van der Waals surface area contributed by atoms with Crippen LogP contribution in [-0.4, -0.2) is 0 Å². The lowest BCUT2D eigenvalue weighted by atomic mass is 9.77. The molecule has 0 aromatic heterocycles. The average molecular weight is 716 g/mol. The molecule has 0 amide bonds. The Labute approximate surface area is 329 Å². The Morgan fingerprint density at radius 3 is 1.50 bits per heavy atom. The van der Waals surface area contributed by atoms with Gasteiger partial charge in [-0.2, -0.15) is 0 Å². The number of anilines is 3. The first-order valence-electron chi connectivity index (χ1n) is 19.5. The largest absolute Gasteiger partial charge is 0.311 e. The Hall–Kier alpha value is -6.96. The summed E-state index contributed by atoms with van der Waals surface area (Å²) in [6.07, 6.45) is 0. The summed E-state index contributed by atoms with van der Waals surface area (Å²) in [5, 5.41) is 2.54. The van der Waals surface area contributed by atoms with Gasteiger partial charge in [0.1, 0.15) is 0 Å². The fourth-order valence-electron chi connectivity index (χ4n) is 8.93. The van der Waals surface area contributed by atoms with Crippen molar-refractivity contribution in [2.45, 2.75) is 19.3 Å². The van der Waals surface area contributed by atoms with E-state index >= 15 is 0 Å². The van der Waals surface area contributed by atoms with Crippen molar-refractivity contribution >= 4 is 27.8 Å². The summed E-state index contributed by atoms with van der Waals surface area (Å²) in [4.78, 5) is 2.33. The van der Waals surface area contributed by atoms with Crippen molar-refractivity contribution < 1.29 is 0 Å². The summed E-state index contributed by atoms with van der Waals surface area (Å²) < 4.78 is 0. The van der Waals surface area contributed by atoms with Crippen molar-refractivity contribution in [3.05, 3.63) is 223 Å². The van der Waals surface area contributed by atoms with Crippen LogP contribution in [0.5, 0.6) is 0 Å². The first-order valence-corrected chi connectivity index (χ1v) is 19.5. The van der Waals surface area contributed by atoms with Gasteiger partial charge in [0.25, 0.3) is 0 Å². The van der Waals surface area contributed by atoms with Crippen LogP contribution in [-0.2, 0) is 5.41 Å². The van der Waals surface area contributed by atoms with Crippen molar-refractivity contribution in [1.29, 1.82) is 0 Å². The van der Waals surface area contributed by atoms with Crippen molar-refractivity contribution in [1.82, 2.24) is 0 Å². The fourth-order valence-corrected chi connectivity index (χ4v) is 8.93. The van der Waals surface area contributed by atoms with E-state index in [4.69, 9.17) is 0 Å². The highest BCUT2D eigenvalue weighted by molar-refractivity contribution is 6.05. The van der Waals surface area contributed by atoms with E-state index in [1.165, 1.54) is 77.5 Å². The second-order valence-corrected chi connectivity index (χ2v) is 15.3. The molecular formula is C55H41N. The second-order valence-electron chi connectivity index (χ2n) is 15.3. The van der Waals surface area contributed by atoms with E-state index in [1.807, 2.05) is 0 Å². The van der Waals surface area contributed by atoms with Crippen LogP contribution < -0.4 is 4.90 Å². The Bertz CT molecular complexity index is 2830. The molecule has 56 heavy (non-hydrogen) atoms. The van der Waals surface area contributed by atoms with Gasteiger partial charge in [-0.25, -0.2) is 0 Å². The van der Waals surface area contributed by atoms with Gasteiger partial charge in [-0.05, 0) is 120 Å². The quantitative estimate of drug-likeness (QED) is 0.159. The molecule has 0 saturated carbocycles. The zero-order chi connectivity index (χ0) is 37.6. The Morgan fingerprint density at radius 2 is 0.821 bits per heavy atom. The Balaban J connectivity index is 1.06. The monoisotopic (exact) mass is 715 g/mol. The summed E-state index contributed by atoms with van der Waals surface area (Å²) >= 11 is 0. The van der Waals surface area contributed by atoms with Gasteiger partial charge < -0.3 is 4.90 Å². The minimum Gasteiger partial charge on any atom is -0.311 e. The van der Waals surface area contributed by atoms with E-state index in [0.29, 0.717) is 0 Å². The molecule has 0 bridgehead atoms. The highest BCUT2D eigenvalue weighted by atomic mass is 15.1. The van der Waals surface area contributed by atoms with Crippen molar-refractivity contribution in [2.24, 2.45) is 0 Å². The van der Waals surface area contributed by atoms with Gasteiger partial charge in [0.15, 0.2) is 0 Å². The zero-order valence-electron chi connectivity index (χ0n) is 31.7. The highest BCUT2D eigenvalue weighted by Gasteiger charge is 2.39. The van der Waals surface area contributed by atoms with E-state index in [0.717, 1.165) is 17.1 Å². The van der Waals surface area contributed by atoms with Crippen molar-refractivity contribution in [3.8, 4) is 55.6 Å². The van der Waals surface area contributed by atoms with E-state index in [9.17, 15) is 0 Å². The minimum absolute atomic E-state index is 0.220. The average Bonchev–Trinajstić information content (AvgIpc) is 3.51. The fraction of sp³-hybridized carbons (Fsp3) is 0.0545. The van der Waals surface area contributed by atoms with Gasteiger partial charge in [-0.15, -0.1) is 0 Å².